The molecule has 3 aromatic rings. The van der Waals surface area contributed by atoms with Crippen molar-refractivity contribution in [2.75, 3.05) is 19.7 Å². The summed E-state index contributed by atoms with van der Waals surface area (Å²) in [4.78, 5) is 10.7. The zero-order chi connectivity index (χ0) is 17.1. The van der Waals surface area contributed by atoms with E-state index in [0.29, 0.717) is 25.6 Å². The van der Waals surface area contributed by atoms with Crippen LogP contribution in [-0.2, 0) is 17.8 Å². The average Bonchev–Trinajstić information content (AvgIpc) is 3.28. The van der Waals surface area contributed by atoms with E-state index in [-0.39, 0.29) is 11.9 Å². The predicted octanol–water partition coefficient (Wildman–Crippen LogP) is 1.97. The molecule has 7 nitrogen and oxygen atoms in total. The van der Waals surface area contributed by atoms with Gasteiger partial charge in [-0.25, -0.2) is 14.4 Å². The maximum atomic E-state index is 13.0. The fourth-order valence-corrected chi connectivity index (χ4v) is 2.90. The number of nitrogens with zero attached hydrogens (tertiary/aromatic N) is 5. The number of oxazole rings is 1. The first-order valence-electron chi connectivity index (χ1n) is 8.13. The van der Waals surface area contributed by atoms with Crippen molar-refractivity contribution in [3.05, 3.63) is 54.7 Å². The van der Waals surface area contributed by atoms with Gasteiger partial charge in [0, 0.05) is 25.2 Å². The molecule has 0 saturated carbocycles. The highest BCUT2D eigenvalue weighted by Gasteiger charge is 2.22. The fraction of sp³-hybridized carbons (Fsp3) is 0.353. The van der Waals surface area contributed by atoms with Gasteiger partial charge in [0.05, 0.1) is 24.9 Å². The highest BCUT2D eigenvalue weighted by molar-refractivity contribution is 5.52. The lowest BCUT2D eigenvalue weighted by Gasteiger charge is -2.32. The van der Waals surface area contributed by atoms with Crippen molar-refractivity contribution < 1.29 is 13.5 Å². The van der Waals surface area contributed by atoms with Crippen LogP contribution in [-0.4, -0.2) is 50.4 Å². The van der Waals surface area contributed by atoms with Crippen molar-refractivity contribution in [3.8, 4) is 11.5 Å². The van der Waals surface area contributed by atoms with Gasteiger partial charge in [-0.05, 0) is 24.3 Å². The summed E-state index contributed by atoms with van der Waals surface area (Å²) in [7, 11) is 0. The van der Waals surface area contributed by atoms with Gasteiger partial charge in [0.25, 0.3) is 0 Å². The minimum absolute atomic E-state index is 0.0684. The van der Waals surface area contributed by atoms with Gasteiger partial charge >= 0.3 is 0 Å². The Balaban J connectivity index is 1.37. The van der Waals surface area contributed by atoms with Crippen LogP contribution >= 0.6 is 0 Å². The molecule has 0 radical (unpaired) electrons. The summed E-state index contributed by atoms with van der Waals surface area (Å²) in [6.45, 7) is 3.66. The molecule has 1 fully saturated rings. The number of hydrogen-bond donors (Lipinski definition) is 0. The van der Waals surface area contributed by atoms with Crippen LogP contribution in [0.5, 0.6) is 0 Å². The fourth-order valence-electron chi connectivity index (χ4n) is 2.90. The Morgan fingerprint density at radius 2 is 2.12 bits per heavy atom. The van der Waals surface area contributed by atoms with E-state index >= 15 is 0 Å². The lowest BCUT2D eigenvalue weighted by Crippen LogP contribution is -2.43. The van der Waals surface area contributed by atoms with Crippen LogP contribution in [0.3, 0.4) is 0 Å². The van der Waals surface area contributed by atoms with Crippen molar-refractivity contribution in [1.82, 2.24) is 24.6 Å². The molecule has 25 heavy (non-hydrogen) atoms. The molecule has 0 spiro atoms. The van der Waals surface area contributed by atoms with E-state index in [4.69, 9.17) is 9.15 Å². The molecule has 130 valence electrons. The molecular weight excluding hydrogens is 325 g/mol. The van der Waals surface area contributed by atoms with Crippen molar-refractivity contribution in [2.24, 2.45) is 0 Å². The van der Waals surface area contributed by atoms with Crippen molar-refractivity contribution in [3.63, 3.8) is 0 Å². The molecule has 0 aliphatic carbocycles. The Kier molecular flexibility index (Phi) is 4.53. The Bertz CT molecular complexity index is 803. The highest BCUT2D eigenvalue weighted by atomic mass is 19.1. The Morgan fingerprint density at radius 3 is 2.92 bits per heavy atom. The van der Waals surface area contributed by atoms with Gasteiger partial charge in [-0.1, -0.05) is 0 Å². The minimum Gasteiger partial charge on any atom is -0.444 e. The number of halogens is 1. The third-order valence-electron chi connectivity index (χ3n) is 4.11. The Labute approximate surface area is 144 Å². The first kappa shape index (κ1) is 15.9. The van der Waals surface area contributed by atoms with Crippen molar-refractivity contribution in [2.45, 2.75) is 19.2 Å². The maximum absolute atomic E-state index is 13.0. The molecule has 0 amide bonds. The molecule has 0 N–H and O–H groups in total. The number of morpholine rings is 1. The van der Waals surface area contributed by atoms with Gasteiger partial charge in [0.1, 0.15) is 24.7 Å². The van der Waals surface area contributed by atoms with Crippen LogP contribution < -0.4 is 0 Å². The molecular formula is C17H18FN5O2. The number of hydrogen-bond acceptors (Lipinski definition) is 6. The molecule has 8 heteroatoms. The summed E-state index contributed by atoms with van der Waals surface area (Å²) in [5, 5.41) is 4.12. The van der Waals surface area contributed by atoms with Crippen LogP contribution in [0.1, 0.15) is 5.69 Å². The zero-order valence-electron chi connectivity index (χ0n) is 13.6. The monoisotopic (exact) mass is 343 g/mol. The quantitative estimate of drug-likeness (QED) is 0.705. The van der Waals surface area contributed by atoms with Crippen LogP contribution in [0.15, 0.2) is 47.6 Å². The molecule has 0 bridgehead atoms. The van der Waals surface area contributed by atoms with Crippen LogP contribution in [0.25, 0.3) is 11.5 Å². The van der Waals surface area contributed by atoms with E-state index < -0.39 is 0 Å². The lowest BCUT2D eigenvalue weighted by molar-refractivity contribution is -0.0406. The maximum Gasteiger partial charge on any atom is 0.226 e. The normalized spacial score (nSPS) is 18.5. The van der Waals surface area contributed by atoms with E-state index in [9.17, 15) is 4.39 Å². The van der Waals surface area contributed by atoms with Crippen molar-refractivity contribution in [1.29, 1.82) is 0 Å². The molecule has 4 rings (SSSR count). The molecule has 1 aliphatic heterocycles. The smallest absolute Gasteiger partial charge is 0.226 e. The van der Waals surface area contributed by atoms with E-state index in [2.05, 4.69) is 20.0 Å². The summed E-state index contributed by atoms with van der Waals surface area (Å²) < 4.78 is 26.1. The van der Waals surface area contributed by atoms with Gasteiger partial charge < -0.3 is 9.15 Å². The Morgan fingerprint density at radius 1 is 1.24 bits per heavy atom. The van der Waals surface area contributed by atoms with Crippen LogP contribution in [0.2, 0.25) is 0 Å². The summed E-state index contributed by atoms with van der Waals surface area (Å²) >= 11 is 0. The van der Waals surface area contributed by atoms with E-state index in [1.165, 1.54) is 18.5 Å². The summed E-state index contributed by atoms with van der Waals surface area (Å²) in [5.41, 5.74) is 1.61. The van der Waals surface area contributed by atoms with E-state index in [1.807, 2.05) is 0 Å². The molecule has 3 heterocycles. The minimum atomic E-state index is -0.276. The summed E-state index contributed by atoms with van der Waals surface area (Å²) in [6, 6.07) is 6.12. The summed E-state index contributed by atoms with van der Waals surface area (Å²) in [5.74, 6) is 0.227. The number of benzene rings is 1. The largest absolute Gasteiger partial charge is 0.444 e. The zero-order valence-corrected chi connectivity index (χ0v) is 13.6. The van der Waals surface area contributed by atoms with Gasteiger partial charge in [-0.2, -0.15) is 5.10 Å². The standard InChI is InChI=1S/C17H18FN5O2/c18-14-3-1-13(2-4-14)17-21-15(10-25-17)7-22-5-6-24-16(8-22)9-23-12-19-11-20-23/h1-4,10-12,16H,5-9H2/t16-/m1/s1. The van der Waals surface area contributed by atoms with Gasteiger partial charge in [-0.15, -0.1) is 0 Å². The third-order valence-corrected chi connectivity index (χ3v) is 4.11. The highest BCUT2D eigenvalue weighted by Crippen LogP contribution is 2.20. The van der Waals surface area contributed by atoms with Crippen molar-refractivity contribution >= 4 is 0 Å². The van der Waals surface area contributed by atoms with E-state index in [1.54, 1.807) is 29.4 Å². The third kappa shape index (κ3) is 3.92. The predicted molar refractivity (Wildman–Crippen MR) is 86.9 cm³/mol. The Hall–Kier alpha value is -2.58. The molecule has 1 saturated heterocycles. The number of aromatic nitrogens is 4. The van der Waals surface area contributed by atoms with Gasteiger partial charge in [-0.3, -0.25) is 9.58 Å². The molecule has 1 atom stereocenters. The summed E-state index contributed by atoms with van der Waals surface area (Å²) in [6.07, 6.45) is 4.93. The average molecular weight is 343 g/mol. The SMILES string of the molecule is Fc1ccc(-c2nc(CN3CCO[C@@H](Cn4cncn4)C3)co2)cc1. The number of ether oxygens (including phenoxy) is 1. The van der Waals surface area contributed by atoms with Gasteiger partial charge in [0.15, 0.2) is 0 Å². The second-order valence-corrected chi connectivity index (χ2v) is 6.00. The molecule has 1 aliphatic rings. The molecule has 0 unspecified atom stereocenters. The first-order chi connectivity index (χ1) is 12.3. The topological polar surface area (TPSA) is 69.2 Å². The van der Waals surface area contributed by atoms with Crippen LogP contribution in [0.4, 0.5) is 4.39 Å². The van der Waals surface area contributed by atoms with E-state index in [0.717, 1.165) is 24.3 Å². The van der Waals surface area contributed by atoms with Crippen LogP contribution in [0, 0.1) is 5.82 Å². The first-order valence-corrected chi connectivity index (χ1v) is 8.13. The molecule has 1 aromatic carbocycles. The second-order valence-electron chi connectivity index (χ2n) is 6.00. The van der Waals surface area contributed by atoms with Gasteiger partial charge in [0.2, 0.25) is 5.89 Å². The number of rotatable bonds is 5. The lowest BCUT2D eigenvalue weighted by atomic mass is 10.2. The molecule has 2 aromatic heterocycles. The second kappa shape index (κ2) is 7.12.